The Kier molecular flexibility index (Phi) is 3.74. The van der Waals surface area contributed by atoms with Crippen LogP contribution in [0.2, 0.25) is 0 Å². The van der Waals surface area contributed by atoms with Gasteiger partial charge in [-0.2, -0.15) is 18.4 Å². The summed E-state index contributed by atoms with van der Waals surface area (Å²) in [7, 11) is 0. The van der Waals surface area contributed by atoms with Crippen molar-refractivity contribution < 1.29 is 23.0 Å². The Morgan fingerprint density at radius 2 is 2.12 bits per heavy atom. The van der Waals surface area contributed by atoms with Gasteiger partial charge in [0.05, 0.1) is 6.07 Å². The summed E-state index contributed by atoms with van der Waals surface area (Å²) < 4.78 is 40.0. The van der Waals surface area contributed by atoms with E-state index in [0.717, 1.165) is 0 Å². The number of ether oxygens (including phenoxy) is 1. The van der Waals surface area contributed by atoms with Crippen LogP contribution in [-0.2, 0) is 0 Å². The lowest BCUT2D eigenvalue weighted by atomic mass is 10.1. The summed E-state index contributed by atoms with van der Waals surface area (Å²) in [5, 5.41) is 17.6. The Morgan fingerprint density at radius 1 is 1.44 bits per heavy atom. The van der Waals surface area contributed by atoms with Gasteiger partial charge in [0, 0.05) is 0 Å². The van der Waals surface area contributed by atoms with Gasteiger partial charge in [-0.1, -0.05) is 12.1 Å². The van der Waals surface area contributed by atoms with Crippen molar-refractivity contribution in [2.45, 2.75) is 12.3 Å². The van der Waals surface area contributed by atoms with E-state index in [-0.39, 0.29) is 11.3 Å². The number of aliphatic hydroxyl groups excluding tert-OH is 1. The molecule has 1 rings (SSSR count). The molecular formula is C10H8F3NO2. The predicted molar refractivity (Wildman–Crippen MR) is 48.6 cm³/mol. The minimum Gasteiger partial charge on any atom is -0.484 e. The quantitative estimate of drug-likeness (QED) is 0.811. The van der Waals surface area contributed by atoms with Crippen LogP contribution in [0.15, 0.2) is 24.3 Å². The first-order valence-corrected chi connectivity index (χ1v) is 4.29. The van der Waals surface area contributed by atoms with Crippen LogP contribution in [0.1, 0.15) is 11.7 Å². The van der Waals surface area contributed by atoms with E-state index in [2.05, 4.69) is 4.74 Å². The molecule has 6 heteroatoms. The molecule has 0 spiro atoms. The molecule has 0 aromatic heterocycles. The molecule has 1 N–H and O–H groups in total. The molecule has 86 valence electrons. The maximum atomic E-state index is 11.8. The van der Waals surface area contributed by atoms with Gasteiger partial charge >= 0.3 is 6.18 Å². The number of aliphatic hydroxyl groups is 1. The summed E-state index contributed by atoms with van der Waals surface area (Å²) >= 11 is 0. The van der Waals surface area contributed by atoms with Crippen LogP contribution in [0.4, 0.5) is 13.2 Å². The first kappa shape index (κ1) is 12.3. The lowest BCUT2D eigenvalue weighted by Gasteiger charge is -2.10. The minimum atomic E-state index is -4.41. The van der Waals surface area contributed by atoms with E-state index in [1.165, 1.54) is 24.3 Å². The van der Waals surface area contributed by atoms with Crippen LogP contribution < -0.4 is 4.74 Å². The van der Waals surface area contributed by atoms with Crippen LogP contribution >= 0.6 is 0 Å². The number of halogens is 3. The number of benzene rings is 1. The molecule has 0 radical (unpaired) electrons. The summed E-state index contributed by atoms with van der Waals surface area (Å²) in [6, 6.07) is 6.90. The van der Waals surface area contributed by atoms with Crippen LogP contribution in [0.5, 0.6) is 5.75 Å². The molecule has 0 aliphatic rings. The van der Waals surface area contributed by atoms with Gasteiger partial charge in [0.1, 0.15) is 5.75 Å². The second-order valence-corrected chi connectivity index (χ2v) is 3.01. The van der Waals surface area contributed by atoms with Gasteiger partial charge in [0.25, 0.3) is 0 Å². The molecule has 0 amide bonds. The standard InChI is InChI=1S/C10H8F3NO2/c11-10(12,13)6-16-8-3-1-2-7(4-8)9(15)5-14/h1-4,9,15H,6H2. The summed E-state index contributed by atoms with van der Waals surface area (Å²) in [6.45, 7) is -1.40. The molecule has 0 saturated carbocycles. The molecule has 1 aromatic rings. The smallest absolute Gasteiger partial charge is 0.422 e. The summed E-state index contributed by atoms with van der Waals surface area (Å²) in [5.41, 5.74) is 0.196. The van der Waals surface area contributed by atoms with Crippen molar-refractivity contribution in [3.05, 3.63) is 29.8 Å². The van der Waals surface area contributed by atoms with E-state index in [4.69, 9.17) is 10.4 Å². The van der Waals surface area contributed by atoms with Crippen LogP contribution in [0, 0.1) is 11.3 Å². The topological polar surface area (TPSA) is 53.2 Å². The second-order valence-electron chi connectivity index (χ2n) is 3.01. The normalized spacial score (nSPS) is 12.9. The zero-order valence-corrected chi connectivity index (χ0v) is 8.03. The van der Waals surface area contributed by atoms with E-state index >= 15 is 0 Å². The van der Waals surface area contributed by atoms with Gasteiger partial charge in [-0.15, -0.1) is 0 Å². The molecule has 0 saturated heterocycles. The number of hydrogen-bond donors (Lipinski definition) is 1. The third-order valence-corrected chi connectivity index (χ3v) is 1.70. The summed E-state index contributed by atoms with van der Waals surface area (Å²) in [6.07, 6.45) is -5.78. The number of nitrogens with zero attached hydrogens (tertiary/aromatic N) is 1. The maximum absolute atomic E-state index is 11.8. The number of rotatable bonds is 3. The lowest BCUT2D eigenvalue weighted by Crippen LogP contribution is -2.19. The molecular weight excluding hydrogens is 223 g/mol. The first-order valence-electron chi connectivity index (χ1n) is 4.29. The highest BCUT2D eigenvalue weighted by atomic mass is 19.4. The van der Waals surface area contributed by atoms with Crippen molar-refractivity contribution >= 4 is 0 Å². The Morgan fingerprint density at radius 3 is 2.69 bits per heavy atom. The largest absolute Gasteiger partial charge is 0.484 e. The molecule has 16 heavy (non-hydrogen) atoms. The molecule has 1 unspecified atom stereocenters. The van der Waals surface area contributed by atoms with E-state index in [9.17, 15) is 13.2 Å². The monoisotopic (exact) mass is 231 g/mol. The van der Waals surface area contributed by atoms with Gasteiger partial charge in [-0.25, -0.2) is 0 Å². The summed E-state index contributed by atoms with van der Waals surface area (Å²) in [4.78, 5) is 0. The fourth-order valence-electron chi connectivity index (χ4n) is 1.01. The molecule has 0 bridgehead atoms. The zero-order valence-electron chi connectivity index (χ0n) is 8.03. The maximum Gasteiger partial charge on any atom is 0.422 e. The van der Waals surface area contributed by atoms with Gasteiger partial charge < -0.3 is 9.84 Å². The van der Waals surface area contributed by atoms with Crippen molar-refractivity contribution in [2.75, 3.05) is 6.61 Å². The highest BCUT2D eigenvalue weighted by Gasteiger charge is 2.28. The SMILES string of the molecule is N#CC(O)c1cccc(OCC(F)(F)F)c1. The van der Waals surface area contributed by atoms with E-state index in [1.54, 1.807) is 6.07 Å². The summed E-state index contributed by atoms with van der Waals surface area (Å²) in [5.74, 6) is -0.0378. The molecule has 0 aliphatic carbocycles. The van der Waals surface area contributed by atoms with Gasteiger partial charge in [-0.3, -0.25) is 0 Å². The van der Waals surface area contributed by atoms with Gasteiger partial charge in [-0.05, 0) is 17.7 Å². The molecule has 1 atom stereocenters. The highest BCUT2D eigenvalue weighted by Crippen LogP contribution is 2.21. The Labute approximate surface area is 89.7 Å². The first-order chi connectivity index (χ1) is 7.42. The predicted octanol–water partition coefficient (Wildman–Crippen LogP) is 2.18. The van der Waals surface area contributed by atoms with Crippen LogP contribution in [0.25, 0.3) is 0 Å². The van der Waals surface area contributed by atoms with Gasteiger partial charge in [0.15, 0.2) is 12.7 Å². The van der Waals surface area contributed by atoms with Crippen molar-refractivity contribution in [3.63, 3.8) is 0 Å². The zero-order chi connectivity index (χ0) is 12.2. The van der Waals surface area contributed by atoms with Crippen molar-refractivity contribution in [1.29, 1.82) is 5.26 Å². The van der Waals surface area contributed by atoms with Crippen molar-refractivity contribution in [3.8, 4) is 11.8 Å². The van der Waals surface area contributed by atoms with E-state index < -0.39 is 18.9 Å². The lowest BCUT2D eigenvalue weighted by molar-refractivity contribution is -0.153. The number of hydrogen-bond acceptors (Lipinski definition) is 3. The third kappa shape index (κ3) is 3.79. The third-order valence-electron chi connectivity index (χ3n) is 1.70. The van der Waals surface area contributed by atoms with Crippen LogP contribution in [0.3, 0.4) is 0 Å². The van der Waals surface area contributed by atoms with Crippen molar-refractivity contribution in [2.24, 2.45) is 0 Å². The highest BCUT2D eigenvalue weighted by molar-refractivity contribution is 5.31. The molecule has 0 heterocycles. The van der Waals surface area contributed by atoms with E-state index in [1.807, 2.05) is 0 Å². The Bertz CT molecular complexity index is 398. The Hall–Kier alpha value is -1.74. The fourth-order valence-corrected chi connectivity index (χ4v) is 1.01. The average molecular weight is 231 g/mol. The molecule has 0 fully saturated rings. The molecule has 1 aromatic carbocycles. The second kappa shape index (κ2) is 4.86. The average Bonchev–Trinajstić information content (AvgIpc) is 2.25. The van der Waals surface area contributed by atoms with Gasteiger partial charge in [0.2, 0.25) is 0 Å². The Balaban J connectivity index is 2.72. The fraction of sp³-hybridized carbons (Fsp3) is 0.300. The molecule has 0 aliphatic heterocycles. The minimum absolute atomic E-state index is 0.0378. The van der Waals surface area contributed by atoms with Crippen LogP contribution in [-0.4, -0.2) is 17.9 Å². The molecule has 3 nitrogen and oxygen atoms in total. The number of nitriles is 1. The number of alkyl halides is 3. The van der Waals surface area contributed by atoms with Crippen molar-refractivity contribution in [1.82, 2.24) is 0 Å². The van der Waals surface area contributed by atoms with E-state index in [0.29, 0.717) is 0 Å².